The molecule has 1 heterocycles. The lowest BCUT2D eigenvalue weighted by Gasteiger charge is -2.30. The van der Waals surface area contributed by atoms with E-state index in [-0.39, 0.29) is 18.3 Å². The zero-order valence-electron chi connectivity index (χ0n) is 19.5. The zero-order chi connectivity index (χ0) is 23.5. The smallest absolute Gasteiger partial charge is 0.337 e. The van der Waals surface area contributed by atoms with Crippen LogP contribution >= 0.6 is 0 Å². The van der Waals surface area contributed by atoms with Crippen molar-refractivity contribution in [2.24, 2.45) is 0 Å². The van der Waals surface area contributed by atoms with Crippen LogP contribution in [0.3, 0.4) is 0 Å². The summed E-state index contributed by atoms with van der Waals surface area (Å²) in [7, 11) is 1.73. The molecule has 3 aromatic rings. The van der Waals surface area contributed by atoms with Crippen molar-refractivity contribution < 1.29 is 4.79 Å². The van der Waals surface area contributed by atoms with Crippen molar-refractivity contribution in [3.63, 3.8) is 0 Å². The van der Waals surface area contributed by atoms with Crippen LogP contribution in [0, 0.1) is 13.8 Å². The second-order valence-electron chi connectivity index (χ2n) is 8.97. The minimum absolute atomic E-state index is 0.0692. The molecule has 7 nitrogen and oxygen atoms in total. The van der Waals surface area contributed by atoms with Gasteiger partial charge in [-0.15, -0.1) is 0 Å². The van der Waals surface area contributed by atoms with Crippen LogP contribution in [0.2, 0.25) is 0 Å². The normalized spacial score (nSPS) is 14.3. The first-order chi connectivity index (χ1) is 15.8. The van der Waals surface area contributed by atoms with Crippen LogP contribution in [-0.4, -0.2) is 38.2 Å². The minimum Gasteiger partial charge on any atom is -0.337 e. The quantitative estimate of drug-likeness (QED) is 0.601. The lowest BCUT2D eigenvalue weighted by Crippen LogP contribution is -2.48. The number of carbonyl (C=O) groups is 1. The molecule has 2 aromatic carbocycles. The molecule has 1 fully saturated rings. The summed E-state index contributed by atoms with van der Waals surface area (Å²) in [6.07, 6.45) is 5.12. The molecule has 0 spiro atoms. The van der Waals surface area contributed by atoms with Crippen molar-refractivity contribution in [3.8, 4) is 5.69 Å². The molecule has 0 radical (unpaired) electrons. The van der Waals surface area contributed by atoms with E-state index in [4.69, 9.17) is 0 Å². The van der Waals surface area contributed by atoms with Gasteiger partial charge in [-0.1, -0.05) is 61.2 Å². The molecule has 0 unspecified atom stereocenters. The summed E-state index contributed by atoms with van der Waals surface area (Å²) >= 11 is 0. The second kappa shape index (κ2) is 9.57. The molecule has 1 amide bonds. The lowest BCUT2D eigenvalue weighted by atomic mass is 9.94. The number of rotatable bonds is 5. The minimum atomic E-state index is -0.655. The maximum absolute atomic E-state index is 13.4. The molecular weight excluding hydrogens is 416 g/mol. The number of aromatic nitrogens is 3. The number of carbonyl (C=O) groups excluding carboxylic acids is 1. The Bertz CT molecular complexity index is 1270. The lowest BCUT2D eigenvalue weighted by molar-refractivity contribution is 0.0684. The summed E-state index contributed by atoms with van der Waals surface area (Å²) in [5, 5.41) is 4.30. The van der Waals surface area contributed by atoms with Crippen molar-refractivity contribution in [1.82, 2.24) is 19.2 Å². The Hall–Kier alpha value is -3.48. The van der Waals surface area contributed by atoms with Crippen LogP contribution in [0.4, 0.5) is 0 Å². The van der Waals surface area contributed by atoms with Crippen molar-refractivity contribution >= 4 is 5.91 Å². The van der Waals surface area contributed by atoms with Crippen LogP contribution in [-0.2, 0) is 6.54 Å². The zero-order valence-corrected chi connectivity index (χ0v) is 19.5. The Labute approximate surface area is 193 Å². The van der Waals surface area contributed by atoms with Gasteiger partial charge in [-0.2, -0.15) is 9.78 Å². The van der Waals surface area contributed by atoms with Gasteiger partial charge in [0, 0.05) is 13.1 Å². The standard InChI is InChI=1S/C26H30N4O3/c1-18-12-14-20(15-13-18)17-29-25(32)23(24(31)28(3)21-9-5-4-6-10-21)27-30(26(29)33)22-11-7-8-19(2)16-22/h7-8,11-16,21H,4-6,9-10,17H2,1-3H3. The highest BCUT2D eigenvalue weighted by atomic mass is 16.2. The van der Waals surface area contributed by atoms with E-state index in [0.29, 0.717) is 5.69 Å². The number of nitrogens with zero attached hydrogens (tertiary/aromatic N) is 4. The van der Waals surface area contributed by atoms with Crippen LogP contribution in [0.1, 0.15) is 59.3 Å². The molecule has 33 heavy (non-hydrogen) atoms. The molecule has 1 aliphatic carbocycles. The summed E-state index contributed by atoms with van der Waals surface area (Å²) in [5.74, 6) is -0.439. The Morgan fingerprint density at radius 1 is 1.00 bits per heavy atom. The molecule has 7 heteroatoms. The fourth-order valence-corrected chi connectivity index (χ4v) is 4.39. The Kier molecular flexibility index (Phi) is 6.58. The fraction of sp³-hybridized carbons (Fsp3) is 0.385. The van der Waals surface area contributed by atoms with Crippen molar-refractivity contribution in [3.05, 3.63) is 91.8 Å². The molecule has 172 valence electrons. The summed E-state index contributed by atoms with van der Waals surface area (Å²) in [6.45, 7) is 3.96. The monoisotopic (exact) mass is 446 g/mol. The number of aryl methyl sites for hydroxylation is 2. The molecule has 0 saturated heterocycles. The first-order valence-electron chi connectivity index (χ1n) is 11.5. The Balaban J connectivity index is 1.83. The number of benzene rings is 2. The van der Waals surface area contributed by atoms with Gasteiger partial charge in [0.15, 0.2) is 0 Å². The van der Waals surface area contributed by atoms with Gasteiger partial charge in [-0.05, 0) is 49.9 Å². The third kappa shape index (κ3) is 4.82. The van der Waals surface area contributed by atoms with E-state index in [1.807, 2.05) is 56.3 Å². The van der Waals surface area contributed by atoms with E-state index in [9.17, 15) is 14.4 Å². The summed E-state index contributed by atoms with van der Waals surface area (Å²) in [5.41, 5.74) is 1.91. The summed E-state index contributed by atoms with van der Waals surface area (Å²) in [6, 6.07) is 15.0. The molecule has 1 aromatic heterocycles. The molecule has 0 aliphatic heterocycles. The number of hydrogen-bond donors (Lipinski definition) is 0. The van der Waals surface area contributed by atoms with Crippen LogP contribution in [0.5, 0.6) is 0 Å². The molecule has 0 atom stereocenters. The molecule has 1 saturated carbocycles. The van der Waals surface area contributed by atoms with Crippen LogP contribution in [0.15, 0.2) is 58.1 Å². The number of hydrogen-bond acceptors (Lipinski definition) is 4. The van der Waals surface area contributed by atoms with Crippen molar-refractivity contribution in [1.29, 1.82) is 0 Å². The van der Waals surface area contributed by atoms with E-state index in [0.717, 1.165) is 46.9 Å². The molecule has 0 N–H and O–H groups in total. The van der Waals surface area contributed by atoms with Gasteiger partial charge in [-0.25, -0.2) is 4.79 Å². The Morgan fingerprint density at radius 3 is 2.36 bits per heavy atom. The fourth-order valence-electron chi connectivity index (χ4n) is 4.39. The third-order valence-electron chi connectivity index (χ3n) is 6.41. The topological polar surface area (TPSA) is 77.2 Å². The SMILES string of the molecule is Cc1ccc(Cn2c(=O)c(C(=O)N(C)C3CCCCC3)nn(-c3cccc(C)c3)c2=O)cc1. The van der Waals surface area contributed by atoms with Gasteiger partial charge in [0.05, 0.1) is 12.2 Å². The highest BCUT2D eigenvalue weighted by Crippen LogP contribution is 2.22. The molecular formula is C26H30N4O3. The van der Waals surface area contributed by atoms with E-state index >= 15 is 0 Å². The second-order valence-corrected chi connectivity index (χ2v) is 8.97. The highest BCUT2D eigenvalue weighted by Gasteiger charge is 2.28. The predicted molar refractivity (Wildman–Crippen MR) is 128 cm³/mol. The van der Waals surface area contributed by atoms with Gasteiger partial charge in [0.1, 0.15) is 0 Å². The summed E-state index contributed by atoms with van der Waals surface area (Å²) < 4.78 is 2.28. The first kappa shape index (κ1) is 22.7. The van der Waals surface area contributed by atoms with Crippen LogP contribution in [0.25, 0.3) is 5.69 Å². The highest BCUT2D eigenvalue weighted by molar-refractivity contribution is 5.91. The van der Waals surface area contributed by atoms with Gasteiger partial charge in [0.25, 0.3) is 11.5 Å². The van der Waals surface area contributed by atoms with Crippen molar-refractivity contribution in [2.45, 2.75) is 58.5 Å². The third-order valence-corrected chi connectivity index (χ3v) is 6.41. The average Bonchev–Trinajstić information content (AvgIpc) is 2.83. The molecule has 4 rings (SSSR count). The number of amides is 1. The maximum atomic E-state index is 13.4. The van der Waals surface area contributed by atoms with E-state index in [2.05, 4.69) is 5.10 Å². The van der Waals surface area contributed by atoms with E-state index in [1.165, 1.54) is 11.1 Å². The maximum Gasteiger partial charge on any atom is 0.352 e. The van der Waals surface area contributed by atoms with Gasteiger partial charge in [0.2, 0.25) is 5.69 Å². The van der Waals surface area contributed by atoms with E-state index in [1.54, 1.807) is 18.0 Å². The predicted octanol–water partition coefficient (Wildman–Crippen LogP) is 3.46. The largest absolute Gasteiger partial charge is 0.352 e. The van der Waals surface area contributed by atoms with Gasteiger partial charge in [-0.3, -0.25) is 14.2 Å². The first-order valence-corrected chi connectivity index (χ1v) is 11.5. The average molecular weight is 447 g/mol. The van der Waals surface area contributed by atoms with Gasteiger partial charge < -0.3 is 4.90 Å². The Morgan fingerprint density at radius 2 is 1.70 bits per heavy atom. The molecule has 0 bridgehead atoms. The summed E-state index contributed by atoms with van der Waals surface area (Å²) in [4.78, 5) is 41.8. The van der Waals surface area contributed by atoms with Gasteiger partial charge >= 0.3 is 5.69 Å². The van der Waals surface area contributed by atoms with Crippen LogP contribution < -0.4 is 11.2 Å². The molecule has 1 aliphatic rings. The van der Waals surface area contributed by atoms with Crippen molar-refractivity contribution in [2.75, 3.05) is 7.05 Å². The van der Waals surface area contributed by atoms with E-state index < -0.39 is 17.2 Å².